The second-order valence-corrected chi connectivity index (χ2v) is 7.12. The van der Waals surface area contributed by atoms with E-state index in [-0.39, 0.29) is 23.6 Å². The first-order valence-electron chi connectivity index (χ1n) is 9.67. The maximum absolute atomic E-state index is 12.4. The number of carbonyl (C=O) groups excluding carboxylic acids is 1. The van der Waals surface area contributed by atoms with Gasteiger partial charge in [-0.25, -0.2) is 4.79 Å². The lowest BCUT2D eigenvalue weighted by molar-refractivity contribution is 0.0239. The number of carbonyl (C=O) groups is 1. The Morgan fingerprint density at radius 1 is 0.963 bits per heavy atom. The van der Waals surface area contributed by atoms with E-state index >= 15 is 0 Å². The normalized spacial score (nSPS) is 15.6. The quantitative estimate of drug-likeness (QED) is 0.512. The average molecular weight is 369 g/mol. The smallest absolute Gasteiger partial charge is 0.338 e. The first kappa shape index (κ1) is 19.1. The Kier molecular flexibility index (Phi) is 6.58. The molecule has 2 aromatic rings. The predicted octanol–water partition coefficient (Wildman–Crippen LogP) is 4.98. The van der Waals surface area contributed by atoms with Crippen molar-refractivity contribution in [3.8, 4) is 11.5 Å². The number of nitrogens with one attached hydrogen (secondary N) is 1. The summed E-state index contributed by atoms with van der Waals surface area (Å²) in [6.45, 7) is 0.367. The van der Waals surface area contributed by atoms with Crippen molar-refractivity contribution >= 4 is 11.7 Å². The maximum atomic E-state index is 12.4. The molecule has 1 saturated carbocycles. The summed E-state index contributed by atoms with van der Waals surface area (Å²) < 4.78 is 5.69. The SMILES string of the molecule is O=C(OC1CCCCCCC1)c1ccc(NCc2cc(O)ccc2O)cc1. The molecule has 0 unspecified atom stereocenters. The standard InChI is InChI=1S/C22H27NO4/c24-19-12-13-21(25)17(14-19)15-23-18-10-8-16(9-11-18)22(26)27-20-6-4-2-1-3-5-7-20/h8-14,20,23-25H,1-7,15H2. The highest BCUT2D eigenvalue weighted by atomic mass is 16.5. The van der Waals surface area contributed by atoms with Crippen molar-refractivity contribution in [1.82, 2.24) is 0 Å². The van der Waals surface area contributed by atoms with Crippen molar-refractivity contribution in [2.75, 3.05) is 5.32 Å². The lowest BCUT2D eigenvalue weighted by atomic mass is 9.98. The molecule has 0 saturated heterocycles. The zero-order valence-corrected chi connectivity index (χ0v) is 15.5. The fraction of sp³-hybridized carbons (Fsp3) is 0.409. The molecule has 0 bridgehead atoms. The Hall–Kier alpha value is -2.69. The summed E-state index contributed by atoms with van der Waals surface area (Å²) >= 11 is 0. The van der Waals surface area contributed by atoms with Gasteiger partial charge >= 0.3 is 5.97 Å². The first-order chi connectivity index (χ1) is 13.1. The van der Waals surface area contributed by atoms with E-state index in [0.29, 0.717) is 17.7 Å². The van der Waals surface area contributed by atoms with E-state index in [0.717, 1.165) is 31.4 Å². The van der Waals surface area contributed by atoms with Gasteiger partial charge in [0, 0.05) is 17.8 Å². The largest absolute Gasteiger partial charge is 0.508 e. The molecule has 1 fully saturated rings. The number of ether oxygens (including phenoxy) is 1. The second-order valence-electron chi connectivity index (χ2n) is 7.12. The second kappa shape index (κ2) is 9.31. The molecule has 3 rings (SSSR count). The third-order valence-electron chi connectivity index (χ3n) is 4.99. The molecule has 5 nitrogen and oxygen atoms in total. The van der Waals surface area contributed by atoms with Crippen LogP contribution in [0.1, 0.15) is 60.9 Å². The minimum atomic E-state index is -0.266. The summed E-state index contributed by atoms with van der Waals surface area (Å²) in [5, 5.41) is 22.5. The molecule has 0 atom stereocenters. The predicted molar refractivity (Wildman–Crippen MR) is 105 cm³/mol. The van der Waals surface area contributed by atoms with Gasteiger partial charge in [0.25, 0.3) is 0 Å². The molecule has 1 aliphatic rings. The number of aromatic hydroxyl groups is 2. The molecule has 0 amide bonds. The van der Waals surface area contributed by atoms with Crippen LogP contribution < -0.4 is 5.32 Å². The van der Waals surface area contributed by atoms with Gasteiger partial charge < -0.3 is 20.3 Å². The lowest BCUT2D eigenvalue weighted by Crippen LogP contribution is -2.19. The number of anilines is 1. The van der Waals surface area contributed by atoms with Gasteiger partial charge in [0.05, 0.1) is 5.56 Å². The zero-order valence-electron chi connectivity index (χ0n) is 15.5. The highest BCUT2D eigenvalue weighted by Gasteiger charge is 2.17. The third-order valence-corrected chi connectivity index (χ3v) is 4.99. The minimum absolute atomic E-state index is 0.0318. The zero-order chi connectivity index (χ0) is 19.1. The Bertz CT molecular complexity index is 749. The number of hydrogen-bond acceptors (Lipinski definition) is 5. The van der Waals surface area contributed by atoms with Crippen LogP contribution in [0.4, 0.5) is 5.69 Å². The van der Waals surface area contributed by atoms with Gasteiger partial charge in [-0.05, 0) is 68.1 Å². The van der Waals surface area contributed by atoms with Gasteiger partial charge in [-0.2, -0.15) is 0 Å². The summed E-state index contributed by atoms with van der Waals surface area (Å²) in [6.07, 6.45) is 7.94. The van der Waals surface area contributed by atoms with E-state index in [1.54, 1.807) is 12.1 Å². The number of esters is 1. The number of rotatable bonds is 5. The minimum Gasteiger partial charge on any atom is -0.508 e. The number of benzene rings is 2. The van der Waals surface area contributed by atoms with Crippen LogP contribution in [-0.2, 0) is 11.3 Å². The van der Waals surface area contributed by atoms with Crippen molar-refractivity contribution in [2.45, 2.75) is 57.6 Å². The van der Waals surface area contributed by atoms with E-state index in [1.165, 1.54) is 37.5 Å². The first-order valence-corrected chi connectivity index (χ1v) is 9.67. The van der Waals surface area contributed by atoms with Crippen molar-refractivity contribution in [3.63, 3.8) is 0 Å². The van der Waals surface area contributed by atoms with Crippen LogP contribution in [0.25, 0.3) is 0 Å². The van der Waals surface area contributed by atoms with Gasteiger partial charge in [-0.3, -0.25) is 0 Å². The average Bonchev–Trinajstić information content (AvgIpc) is 2.65. The molecule has 27 heavy (non-hydrogen) atoms. The highest BCUT2D eigenvalue weighted by Crippen LogP contribution is 2.24. The molecular formula is C22H27NO4. The summed E-state index contributed by atoms with van der Waals surface area (Å²) in [5.41, 5.74) is 1.96. The fourth-order valence-corrected chi connectivity index (χ4v) is 3.39. The van der Waals surface area contributed by atoms with Crippen LogP contribution in [0.3, 0.4) is 0 Å². The molecule has 5 heteroatoms. The third kappa shape index (κ3) is 5.64. The molecule has 0 heterocycles. The van der Waals surface area contributed by atoms with Crippen LogP contribution in [0.2, 0.25) is 0 Å². The Morgan fingerprint density at radius 3 is 2.33 bits per heavy atom. The molecule has 0 spiro atoms. The van der Waals surface area contributed by atoms with Gasteiger partial charge in [-0.1, -0.05) is 19.3 Å². The number of phenolic OH excluding ortho intramolecular Hbond substituents is 2. The summed E-state index contributed by atoms with van der Waals surface area (Å²) in [7, 11) is 0. The summed E-state index contributed by atoms with van der Waals surface area (Å²) in [5.74, 6) is -0.0330. The van der Waals surface area contributed by atoms with E-state index in [4.69, 9.17) is 4.74 Å². The van der Waals surface area contributed by atoms with E-state index < -0.39 is 0 Å². The fourth-order valence-electron chi connectivity index (χ4n) is 3.39. The summed E-state index contributed by atoms with van der Waals surface area (Å²) in [4.78, 5) is 12.4. The van der Waals surface area contributed by atoms with E-state index in [2.05, 4.69) is 5.32 Å². The van der Waals surface area contributed by atoms with Gasteiger partial charge in [0.1, 0.15) is 17.6 Å². The van der Waals surface area contributed by atoms with E-state index in [1.807, 2.05) is 12.1 Å². The number of hydrogen-bond donors (Lipinski definition) is 3. The van der Waals surface area contributed by atoms with Crippen molar-refractivity contribution in [3.05, 3.63) is 53.6 Å². The van der Waals surface area contributed by atoms with Crippen LogP contribution in [0.15, 0.2) is 42.5 Å². The van der Waals surface area contributed by atoms with E-state index in [9.17, 15) is 15.0 Å². The summed E-state index contributed by atoms with van der Waals surface area (Å²) in [6, 6.07) is 11.5. The van der Waals surface area contributed by atoms with Crippen LogP contribution in [0.5, 0.6) is 11.5 Å². The van der Waals surface area contributed by atoms with Crippen molar-refractivity contribution in [2.24, 2.45) is 0 Å². The van der Waals surface area contributed by atoms with Crippen LogP contribution in [-0.4, -0.2) is 22.3 Å². The molecule has 1 aliphatic carbocycles. The molecule has 3 N–H and O–H groups in total. The molecule has 0 radical (unpaired) electrons. The Balaban J connectivity index is 1.54. The monoisotopic (exact) mass is 369 g/mol. The van der Waals surface area contributed by atoms with Gasteiger partial charge in [0.2, 0.25) is 0 Å². The van der Waals surface area contributed by atoms with Gasteiger partial charge in [-0.15, -0.1) is 0 Å². The Labute approximate surface area is 160 Å². The molecule has 144 valence electrons. The molecule has 0 aromatic heterocycles. The maximum Gasteiger partial charge on any atom is 0.338 e. The van der Waals surface area contributed by atoms with Crippen LogP contribution >= 0.6 is 0 Å². The molecular weight excluding hydrogens is 342 g/mol. The van der Waals surface area contributed by atoms with Gasteiger partial charge in [0.15, 0.2) is 0 Å². The molecule has 0 aliphatic heterocycles. The van der Waals surface area contributed by atoms with Crippen molar-refractivity contribution < 1.29 is 19.7 Å². The number of phenols is 2. The lowest BCUT2D eigenvalue weighted by Gasteiger charge is -2.20. The van der Waals surface area contributed by atoms with Crippen LogP contribution in [0, 0.1) is 0 Å². The molecule has 2 aromatic carbocycles. The Morgan fingerprint density at radius 2 is 1.63 bits per heavy atom. The topological polar surface area (TPSA) is 78.8 Å². The van der Waals surface area contributed by atoms with Crippen molar-refractivity contribution in [1.29, 1.82) is 0 Å². The highest BCUT2D eigenvalue weighted by molar-refractivity contribution is 5.89.